The molecule has 0 radical (unpaired) electrons. The van der Waals surface area contributed by atoms with Crippen LogP contribution >= 0.6 is 0 Å². The second-order valence-electron chi connectivity index (χ2n) is 9.12. The molecule has 0 aliphatic carbocycles. The molecule has 0 bridgehead atoms. The van der Waals surface area contributed by atoms with Crippen molar-refractivity contribution in [1.82, 2.24) is 15.0 Å². The second kappa shape index (κ2) is 12.7. The van der Waals surface area contributed by atoms with E-state index in [9.17, 15) is 23.7 Å². The molecule has 12 nitrogen and oxygen atoms in total. The van der Waals surface area contributed by atoms with Gasteiger partial charge in [-0.15, -0.1) is 5.10 Å². The van der Waals surface area contributed by atoms with E-state index in [1.807, 2.05) is 43.5 Å². The highest BCUT2D eigenvalue weighted by molar-refractivity contribution is 7.85. The number of aromatic nitrogens is 3. The first-order valence-electron chi connectivity index (χ1n) is 12.0. The number of hydrogen-bond donors (Lipinski definition) is 3. The summed E-state index contributed by atoms with van der Waals surface area (Å²) in [5.74, 6) is -1.38. The Labute approximate surface area is 211 Å². The minimum absolute atomic E-state index is 0.115. The molecule has 36 heavy (non-hydrogen) atoms. The number of rotatable bonds is 12. The third kappa shape index (κ3) is 7.54. The van der Waals surface area contributed by atoms with Gasteiger partial charge in [-0.2, -0.15) is 12.8 Å². The number of nitrogens with zero attached hydrogens (tertiary/aromatic N) is 4. The van der Waals surface area contributed by atoms with Gasteiger partial charge in [0.15, 0.2) is 0 Å². The third-order valence-corrected chi connectivity index (χ3v) is 7.38. The Bertz CT molecular complexity index is 1100. The first-order valence-corrected chi connectivity index (χ1v) is 13.4. The summed E-state index contributed by atoms with van der Waals surface area (Å²) < 4.78 is 39.4. The van der Waals surface area contributed by atoms with Crippen LogP contribution in [0.3, 0.4) is 0 Å². The molecule has 0 amide bonds. The molecule has 1 aliphatic rings. The van der Waals surface area contributed by atoms with Gasteiger partial charge in [-0.05, 0) is 19.3 Å². The fourth-order valence-electron chi connectivity index (χ4n) is 3.89. The Morgan fingerprint density at radius 3 is 2.75 bits per heavy atom. The fraction of sp³-hybridized carbons (Fsp3) is 0.609. The number of aliphatic hydroxyl groups is 2. The van der Waals surface area contributed by atoms with Gasteiger partial charge < -0.3 is 25.8 Å². The number of benzene rings is 1. The van der Waals surface area contributed by atoms with E-state index in [2.05, 4.69) is 20.4 Å². The summed E-state index contributed by atoms with van der Waals surface area (Å²) in [4.78, 5) is 0. The van der Waals surface area contributed by atoms with Gasteiger partial charge in [0, 0.05) is 29.8 Å². The van der Waals surface area contributed by atoms with E-state index in [0.717, 1.165) is 11.3 Å². The zero-order valence-electron chi connectivity index (χ0n) is 20.5. The predicted molar refractivity (Wildman–Crippen MR) is 128 cm³/mol. The van der Waals surface area contributed by atoms with Gasteiger partial charge in [0.25, 0.3) is 0 Å². The van der Waals surface area contributed by atoms with Crippen LogP contribution in [0.15, 0.2) is 40.9 Å². The molecule has 1 fully saturated rings. The molecular formula is C23H35N5O7S. The lowest BCUT2D eigenvalue weighted by atomic mass is 9.89. The van der Waals surface area contributed by atoms with Crippen molar-refractivity contribution in [3.05, 3.63) is 36.5 Å². The van der Waals surface area contributed by atoms with Crippen molar-refractivity contribution in [2.24, 2.45) is 16.2 Å². The molecule has 1 aromatic carbocycles. The van der Waals surface area contributed by atoms with E-state index in [4.69, 9.17) is 8.92 Å². The van der Waals surface area contributed by atoms with Crippen LogP contribution < -0.4 is 10.8 Å². The normalized spacial score (nSPS) is 25.0. The van der Waals surface area contributed by atoms with Crippen LogP contribution in [0.4, 0.5) is 0 Å². The Kier molecular flexibility index (Phi) is 9.93. The molecular weight excluding hydrogens is 490 g/mol. The van der Waals surface area contributed by atoms with Crippen LogP contribution in [-0.4, -0.2) is 77.1 Å². The van der Waals surface area contributed by atoms with Crippen LogP contribution in [0, 0.1) is 11.8 Å². The van der Waals surface area contributed by atoms with Gasteiger partial charge in [0.1, 0.15) is 23.9 Å². The lowest BCUT2D eigenvalue weighted by Crippen LogP contribution is -2.70. The largest absolute Gasteiger partial charge is 0.857 e. The molecule has 1 saturated heterocycles. The van der Waals surface area contributed by atoms with Gasteiger partial charge in [-0.3, -0.25) is 4.68 Å². The lowest BCUT2D eigenvalue weighted by Gasteiger charge is -2.37. The molecule has 6 atom stereocenters. The lowest BCUT2D eigenvalue weighted by molar-refractivity contribution is -0.427. The molecule has 3 rings (SSSR count). The van der Waals surface area contributed by atoms with Crippen molar-refractivity contribution in [1.29, 1.82) is 0 Å². The standard InChI is InChI=1S/C23H35N5O7S/c1-3-15(2)20(24)23(31)26-36(32,33)35-14-19-22(30)21(29)17(13-34-19)10-7-11-28-12-18(25-27-28)16-8-5-4-6-9-16/h4-6,8-9,12,15,17,19-22,29-30H,3,7,10-11,13-14,24H2,1-2H3,(H,26,31)/t15?,17-,19-,20?,21+,22-/m1/s1. The van der Waals surface area contributed by atoms with Gasteiger partial charge >= 0.3 is 10.3 Å². The van der Waals surface area contributed by atoms with E-state index in [-0.39, 0.29) is 18.4 Å². The number of hydrogen-bond acceptors (Lipinski definition) is 9. The molecule has 2 heterocycles. The highest BCUT2D eigenvalue weighted by Gasteiger charge is 2.38. The van der Waals surface area contributed by atoms with Gasteiger partial charge in [0.05, 0.1) is 25.5 Å². The van der Waals surface area contributed by atoms with Gasteiger partial charge in [-0.1, -0.05) is 49.4 Å². The SMILES string of the molecule is CCC(C)C([NH3+])/C([O-])=N/S(=O)(=O)OC[C@H]1OC[C@@H](CCCn2cc(-c3ccccc3)nn2)[C@H](O)[C@@H]1O. The molecule has 0 spiro atoms. The molecule has 1 aliphatic heterocycles. The first-order chi connectivity index (χ1) is 17.1. The average Bonchev–Trinajstić information content (AvgIpc) is 3.34. The molecule has 5 N–H and O–H groups in total. The second-order valence-corrected chi connectivity index (χ2v) is 10.4. The smallest absolute Gasteiger partial charge is 0.380 e. The van der Waals surface area contributed by atoms with Crippen LogP contribution in [0.25, 0.3) is 11.3 Å². The Morgan fingerprint density at radius 1 is 1.33 bits per heavy atom. The van der Waals surface area contributed by atoms with Crippen LogP contribution in [0.1, 0.15) is 33.1 Å². The van der Waals surface area contributed by atoms with Gasteiger partial charge in [0.2, 0.25) is 0 Å². The van der Waals surface area contributed by atoms with E-state index in [1.165, 1.54) is 0 Å². The van der Waals surface area contributed by atoms with Crippen molar-refractivity contribution in [3.63, 3.8) is 0 Å². The van der Waals surface area contributed by atoms with Crippen LogP contribution in [0.5, 0.6) is 0 Å². The predicted octanol–water partition coefficient (Wildman–Crippen LogP) is -0.861. The van der Waals surface area contributed by atoms with Crippen LogP contribution in [-0.2, 0) is 25.8 Å². The summed E-state index contributed by atoms with van der Waals surface area (Å²) >= 11 is 0. The summed E-state index contributed by atoms with van der Waals surface area (Å²) in [6, 6.07) is 8.88. The van der Waals surface area contributed by atoms with E-state index >= 15 is 0 Å². The maximum atomic E-state index is 12.1. The molecule has 13 heteroatoms. The number of aryl methyl sites for hydroxylation is 1. The van der Waals surface area contributed by atoms with Crippen molar-refractivity contribution >= 4 is 16.2 Å². The van der Waals surface area contributed by atoms with Crippen molar-refractivity contribution < 1.29 is 38.4 Å². The van der Waals surface area contributed by atoms with E-state index in [0.29, 0.717) is 25.8 Å². The highest BCUT2D eigenvalue weighted by atomic mass is 32.2. The number of quaternary nitrogens is 1. The van der Waals surface area contributed by atoms with E-state index < -0.39 is 47.2 Å². The molecule has 2 aromatic rings. The van der Waals surface area contributed by atoms with Crippen molar-refractivity contribution in [2.75, 3.05) is 13.2 Å². The van der Waals surface area contributed by atoms with E-state index in [1.54, 1.807) is 11.6 Å². The quantitative estimate of drug-likeness (QED) is 0.234. The van der Waals surface area contributed by atoms with Crippen LogP contribution in [0.2, 0.25) is 0 Å². The minimum atomic E-state index is -4.54. The number of ether oxygens (including phenoxy) is 1. The Balaban J connectivity index is 1.46. The summed E-state index contributed by atoms with van der Waals surface area (Å²) in [7, 11) is -4.54. The summed E-state index contributed by atoms with van der Waals surface area (Å²) in [5.41, 5.74) is 5.40. The third-order valence-electron chi connectivity index (χ3n) is 6.54. The fourth-order valence-corrected chi connectivity index (χ4v) is 4.61. The maximum absolute atomic E-state index is 12.1. The zero-order valence-corrected chi connectivity index (χ0v) is 21.3. The molecule has 200 valence electrons. The molecule has 1 aromatic heterocycles. The van der Waals surface area contributed by atoms with Crippen molar-refractivity contribution in [3.8, 4) is 11.3 Å². The zero-order chi connectivity index (χ0) is 26.3. The molecule has 2 unspecified atom stereocenters. The van der Waals surface area contributed by atoms with Crippen molar-refractivity contribution in [2.45, 2.75) is 64.0 Å². The summed E-state index contributed by atoms with van der Waals surface area (Å²) in [6.07, 6.45) is 0.144. The minimum Gasteiger partial charge on any atom is -0.857 e. The summed E-state index contributed by atoms with van der Waals surface area (Å²) in [5, 5.41) is 41.3. The topological polar surface area (TPSA) is 187 Å². The number of aliphatic hydroxyl groups excluding tert-OH is 2. The maximum Gasteiger partial charge on any atom is 0.380 e. The highest BCUT2D eigenvalue weighted by Crippen LogP contribution is 2.25. The first kappa shape index (κ1) is 28.2. The molecule has 0 saturated carbocycles. The Hall–Kier alpha value is -2.42. The Morgan fingerprint density at radius 2 is 2.06 bits per heavy atom. The average molecular weight is 526 g/mol. The monoisotopic (exact) mass is 525 g/mol. The van der Waals surface area contributed by atoms with Gasteiger partial charge in [-0.25, -0.2) is 4.18 Å². The summed E-state index contributed by atoms with van der Waals surface area (Å²) in [6.45, 7) is 3.75.